The summed E-state index contributed by atoms with van der Waals surface area (Å²) >= 11 is 6.00. The zero-order chi connectivity index (χ0) is 17.6. The number of anilines is 3. The summed E-state index contributed by atoms with van der Waals surface area (Å²) in [5.41, 5.74) is 4.59. The van der Waals surface area contributed by atoms with Gasteiger partial charge in [-0.05, 0) is 61.2 Å². The lowest BCUT2D eigenvalue weighted by Gasteiger charge is -2.09. The van der Waals surface area contributed by atoms with Gasteiger partial charge in [-0.15, -0.1) is 5.10 Å². The van der Waals surface area contributed by atoms with Gasteiger partial charge in [0, 0.05) is 17.3 Å². The van der Waals surface area contributed by atoms with Crippen LogP contribution in [0.25, 0.3) is 0 Å². The first-order valence-electron chi connectivity index (χ1n) is 8.12. The smallest absolute Gasteiger partial charge is 0.249 e. The molecule has 0 saturated carbocycles. The summed E-state index contributed by atoms with van der Waals surface area (Å²) in [7, 11) is 0. The lowest BCUT2D eigenvalue weighted by atomic mass is 10.1. The fraction of sp³-hybridized carbons (Fsp3) is 0.211. The molecular formula is C19H20ClN5. The highest BCUT2D eigenvalue weighted by molar-refractivity contribution is 6.30. The Balaban J connectivity index is 1.60. The highest BCUT2D eigenvalue weighted by Gasteiger charge is 2.03. The SMILES string of the molecule is Cc1ccc(Nc2nncc(NCCc3cccc(Cl)c3)n2)cc1C. The Morgan fingerprint density at radius 1 is 1.04 bits per heavy atom. The molecule has 128 valence electrons. The average Bonchev–Trinajstić information content (AvgIpc) is 2.59. The molecule has 0 bridgehead atoms. The molecule has 6 heteroatoms. The molecule has 5 nitrogen and oxygen atoms in total. The average molecular weight is 354 g/mol. The maximum absolute atomic E-state index is 6.00. The van der Waals surface area contributed by atoms with E-state index >= 15 is 0 Å². The largest absolute Gasteiger partial charge is 0.368 e. The van der Waals surface area contributed by atoms with Gasteiger partial charge in [0.25, 0.3) is 0 Å². The first-order valence-corrected chi connectivity index (χ1v) is 8.50. The summed E-state index contributed by atoms with van der Waals surface area (Å²) in [6.07, 6.45) is 2.47. The van der Waals surface area contributed by atoms with Crippen LogP contribution in [0.2, 0.25) is 5.02 Å². The molecule has 0 spiro atoms. The zero-order valence-electron chi connectivity index (χ0n) is 14.3. The van der Waals surface area contributed by atoms with Crippen molar-refractivity contribution in [1.29, 1.82) is 0 Å². The van der Waals surface area contributed by atoms with Gasteiger partial charge < -0.3 is 10.6 Å². The quantitative estimate of drug-likeness (QED) is 0.681. The third kappa shape index (κ3) is 4.90. The van der Waals surface area contributed by atoms with Crippen LogP contribution in [0.15, 0.2) is 48.7 Å². The highest BCUT2D eigenvalue weighted by Crippen LogP contribution is 2.17. The van der Waals surface area contributed by atoms with E-state index in [-0.39, 0.29) is 0 Å². The van der Waals surface area contributed by atoms with Crippen LogP contribution in [0.3, 0.4) is 0 Å². The van der Waals surface area contributed by atoms with E-state index in [0.29, 0.717) is 11.8 Å². The van der Waals surface area contributed by atoms with E-state index in [2.05, 4.69) is 57.9 Å². The molecule has 0 atom stereocenters. The van der Waals surface area contributed by atoms with Crippen molar-refractivity contribution in [3.8, 4) is 0 Å². The molecule has 25 heavy (non-hydrogen) atoms. The van der Waals surface area contributed by atoms with Crippen molar-refractivity contribution in [2.24, 2.45) is 0 Å². The predicted molar refractivity (Wildman–Crippen MR) is 103 cm³/mol. The Morgan fingerprint density at radius 3 is 2.72 bits per heavy atom. The fourth-order valence-electron chi connectivity index (χ4n) is 2.42. The normalized spacial score (nSPS) is 10.5. The van der Waals surface area contributed by atoms with E-state index in [1.54, 1.807) is 6.20 Å². The van der Waals surface area contributed by atoms with Gasteiger partial charge in [0.15, 0.2) is 5.82 Å². The number of hydrogen-bond donors (Lipinski definition) is 2. The minimum atomic E-state index is 0.469. The first-order chi connectivity index (χ1) is 12.1. The number of aryl methyl sites for hydroxylation is 2. The molecule has 1 heterocycles. The van der Waals surface area contributed by atoms with Crippen molar-refractivity contribution in [2.45, 2.75) is 20.3 Å². The number of benzene rings is 2. The lowest BCUT2D eigenvalue weighted by Crippen LogP contribution is -2.08. The van der Waals surface area contributed by atoms with Gasteiger partial charge in [0.2, 0.25) is 5.95 Å². The van der Waals surface area contributed by atoms with Gasteiger partial charge in [0.1, 0.15) is 0 Å². The molecule has 0 aliphatic heterocycles. The highest BCUT2D eigenvalue weighted by atomic mass is 35.5. The molecular weight excluding hydrogens is 334 g/mol. The third-order valence-corrected chi connectivity index (χ3v) is 4.17. The third-order valence-electron chi connectivity index (χ3n) is 3.93. The number of aromatic nitrogens is 3. The van der Waals surface area contributed by atoms with Crippen molar-refractivity contribution >= 4 is 29.1 Å². The molecule has 2 N–H and O–H groups in total. The Bertz CT molecular complexity index is 866. The van der Waals surface area contributed by atoms with Crippen LogP contribution in [-0.2, 0) is 6.42 Å². The van der Waals surface area contributed by atoms with Gasteiger partial charge in [-0.2, -0.15) is 10.1 Å². The minimum Gasteiger partial charge on any atom is -0.368 e. The van der Waals surface area contributed by atoms with Gasteiger partial charge in [0.05, 0.1) is 6.20 Å². The topological polar surface area (TPSA) is 62.7 Å². The van der Waals surface area contributed by atoms with E-state index < -0.39 is 0 Å². The molecule has 0 saturated heterocycles. The molecule has 0 fully saturated rings. The molecule has 3 aromatic rings. The monoisotopic (exact) mass is 353 g/mol. The molecule has 3 rings (SSSR count). The van der Waals surface area contributed by atoms with Crippen molar-refractivity contribution in [3.63, 3.8) is 0 Å². The maximum Gasteiger partial charge on any atom is 0.249 e. The van der Waals surface area contributed by atoms with E-state index in [0.717, 1.165) is 23.7 Å². The number of halogens is 1. The summed E-state index contributed by atoms with van der Waals surface area (Å²) in [4.78, 5) is 4.45. The van der Waals surface area contributed by atoms with Gasteiger partial charge in [-0.3, -0.25) is 0 Å². The van der Waals surface area contributed by atoms with Crippen LogP contribution >= 0.6 is 11.6 Å². The van der Waals surface area contributed by atoms with Gasteiger partial charge in [-0.25, -0.2) is 0 Å². The number of hydrogen-bond acceptors (Lipinski definition) is 5. The van der Waals surface area contributed by atoms with Gasteiger partial charge >= 0.3 is 0 Å². The molecule has 0 amide bonds. The van der Waals surface area contributed by atoms with Crippen molar-refractivity contribution in [1.82, 2.24) is 15.2 Å². The molecule has 2 aromatic carbocycles. The van der Waals surface area contributed by atoms with Crippen molar-refractivity contribution < 1.29 is 0 Å². The second-order valence-electron chi connectivity index (χ2n) is 5.90. The van der Waals surface area contributed by atoms with Crippen LogP contribution < -0.4 is 10.6 Å². The van der Waals surface area contributed by atoms with Crippen LogP contribution in [0.5, 0.6) is 0 Å². The molecule has 0 aliphatic carbocycles. The molecule has 1 aromatic heterocycles. The summed E-state index contributed by atoms with van der Waals surface area (Å²) in [5.74, 6) is 1.15. The Labute approximate surface area is 152 Å². The number of nitrogens with zero attached hydrogens (tertiary/aromatic N) is 3. The summed E-state index contributed by atoms with van der Waals surface area (Å²) in [5, 5.41) is 15.2. The Hall–Kier alpha value is -2.66. The number of rotatable bonds is 6. The predicted octanol–water partition coefficient (Wildman–Crippen LogP) is 4.54. The Morgan fingerprint density at radius 2 is 1.92 bits per heavy atom. The van der Waals surface area contributed by atoms with Crippen molar-refractivity contribution in [2.75, 3.05) is 17.2 Å². The van der Waals surface area contributed by atoms with Crippen molar-refractivity contribution in [3.05, 3.63) is 70.4 Å². The maximum atomic E-state index is 6.00. The first kappa shape index (κ1) is 17.2. The van der Waals surface area contributed by atoms with Crippen LogP contribution in [0.1, 0.15) is 16.7 Å². The molecule has 0 unspecified atom stereocenters. The van der Waals surface area contributed by atoms with Gasteiger partial charge in [-0.1, -0.05) is 29.8 Å². The second kappa shape index (κ2) is 7.94. The van der Waals surface area contributed by atoms with Crippen LogP contribution in [-0.4, -0.2) is 21.7 Å². The second-order valence-corrected chi connectivity index (χ2v) is 6.33. The van der Waals surface area contributed by atoms with Crippen LogP contribution in [0, 0.1) is 13.8 Å². The molecule has 0 aliphatic rings. The number of nitrogens with one attached hydrogen (secondary N) is 2. The summed E-state index contributed by atoms with van der Waals surface area (Å²) in [6, 6.07) is 14.0. The summed E-state index contributed by atoms with van der Waals surface area (Å²) in [6.45, 7) is 4.90. The zero-order valence-corrected chi connectivity index (χ0v) is 15.0. The van der Waals surface area contributed by atoms with E-state index in [1.165, 1.54) is 16.7 Å². The molecule has 0 radical (unpaired) electrons. The lowest BCUT2D eigenvalue weighted by molar-refractivity contribution is 0.950. The standard InChI is InChI=1S/C19H20ClN5/c1-13-6-7-17(10-14(13)2)23-19-24-18(12-22-25-19)21-9-8-15-4-3-5-16(20)11-15/h3-7,10-12H,8-9H2,1-2H3,(H2,21,23,24,25). The fourth-order valence-corrected chi connectivity index (χ4v) is 2.63. The Kier molecular flexibility index (Phi) is 5.46. The van der Waals surface area contributed by atoms with E-state index in [4.69, 9.17) is 11.6 Å². The van der Waals surface area contributed by atoms with Crippen LogP contribution in [0.4, 0.5) is 17.5 Å². The van der Waals surface area contributed by atoms with E-state index in [1.807, 2.05) is 24.3 Å². The summed E-state index contributed by atoms with van der Waals surface area (Å²) < 4.78 is 0. The minimum absolute atomic E-state index is 0.469. The van der Waals surface area contributed by atoms with E-state index in [9.17, 15) is 0 Å².